The maximum atomic E-state index is 6.13. The van der Waals surface area contributed by atoms with Gasteiger partial charge in [0.2, 0.25) is 0 Å². The Morgan fingerprint density at radius 3 is 3.00 bits per heavy atom. The average molecular weight is 292 g/mol. The minimum atomic E-state index is 0.406. The first-order chi connectivity index (χ1) is 9.90. The second kappa shape index (κ2) is 7.34. The molecule has 2 fully saturated rings. The zero-order valence-corrected chi connectivity index (χ0v) is 12.8. The van der Waals surface area contributed by atoms with Crippen LogP contribution in [0.4, 0.5) is 0 Å². The summed E-state index contributed by atoms with van der Waals surface area (Å²) in [5, 5.41) is 3.40. The zero-order chi connectivity index (χ0) is 13.6. The zero-order valence-electron chi connectivity index (χ0n) is 12.0. The summed E-state index contributed by atoms with van der Waals surface area (Å²) < 4.78 is 6.13. The molecule has 1 unspecified atom stereocenters. The maximum Gasteiger partial charge on any atom is 0.120 e. The number of nitrogens with zero attached hydrogens (tertiary/aromatic N) is 1. The van der Waals surface area contributed by atoms with Crippen LogP contribution < -0.4 is 10.1 Å². The van der Waals surface area contributed by atoms with Gasteiger partial charge in [0.1, 0.15) is 11.9 Å². The van der Waals surface area contributed by atoms with Crippen LogP contribution in [0.3, 0.4) is 0 Å². The number of ether oxygens (including phenoxy) is 1. The number of nitrogens with one attached hydrogen (secondary N) is 1. The van der Waals surface area contributed by atoms with E-state index >= 15 is 0 Å². The minimum Gasteiger partial charge on any atom is -0.490 e. The summed E-state index contributed by atoms with van der Waals surface area (Å²) >= 11 is 2.01. The van der Waals surface area contributed by atoms with Crippen LogP contribution in [0.1, 0.15) is 18.4 Å². The van der Waals surface area contributed by atoms with E-state index in [-0.39, 0.29) is 0 Å². The van der Waals surface area contributed by atoms with Crippen molar-refractivity contribution in [2.45, 2.75) is 25.5 Å². The molecule has 20 heavy (non-hydrogen) atoms. The quantitative estimate of drug-likeness (QED) is 0.921. The first kappa shape index (κ1) is 14.2. The lowest BCUT2D eigenvalue weighted by Crippen LogP contribution is -2.42. The minimum absolute atomic E-state index is 0.406. The van der Waals surface area contributed by atoms with Gasteiger partial charge < -0.3 is 10.1 Å². The molecule has 1 atom stereocenters. The van der Waals surface area contributed by atoms with E-state index in [9.17, 15) is 0 Å². The van der Waals surface area contributed by atoms with Crippen LogP contribution in [0.25, 0.3) is 0 Å². The molecule has 1 N–H and O–H groups in total. The van der Waals surface area contributed by atoms with Crippen molar-refractivity contribution in [3.63, 3.8) is 0 Å². The fourth-order valence-electron chi connectivity index (χ4n) is 2.84. The molecule has 2 heterocycles. The van der Waals surface area contributed by atoms with E-state index in [4.69, 9.17) is 4.74 Å². The molecular weight excluding hydrogens is 268 g/mol. The van der Waals surface area contributed by atoms with E-state index in [1.165, 1.54) is 24.2 Å². The van der Waals surface area contributed by atoms with Gasteiger partial charge in [-0.15, -0.1) is 0 Å². The first-order valence-corrected chi connectivity index (χ1v) is 8.82. The van der Waals surface area contributed by atoms with Crippen molar-refractivity contribution in [2.75, 3.05) is 37.7 Å². The summed E-state index contributed by atoms with van der Waals surface area (Å²) in [5.74, 6) is 3.48. The SMILES string of the molecule is c1cc(CN2CCNCC2)cc(OC2CCCSC2)c1. The predicted molar refractivity (Wildman–Crippen MR) is 85.6 cm³/mol. The molecule has 0 spiro atoms. The summed E-state index contributed by atoms with van der Waals surface area (Å²) in [6.07, 6.45) is 2.90. The number of hydrogen-bond donors (Lipinski definition) is 1. The third-order valence-corrected chi connectivity index (χ3v) is 5.12. The van der Waals surface area contributed by atoms with Crippen LogP contribution in [0.2, 0.25) is 0 Å². The Hall–Kier alpha value is -0.710. The summed E-state index contributed by atoms with van der Waals surface area (Å²) in [7, 11) is 0. The van der Waals surface area contributed by atoms with Gasteiger partial charge in [-0.3, -0.25) is 4.90 Å². The third-order valence-electron chi connectivity index (χ3n) is 3.94. The van der Waals surface area contributed by atoms with Crippen molar-refractivity contribution in [1.29, 1.82) is 0 Å². The molecule has 0 aromatic heterocycles. The molecule has 0 radical (unpaired) electrons. The normalized spacial score (nSPS) is 24.5. The predicted octanol–water partition coefficient (Wildman–Crippen LogP) is 2.37. The lowest BCUT2D eigenvalue weighted by Gasteiger charge is -2.27. The van der Waals surface area contributed by atoms with E-state index in [1.54, 1.807) is 0 Å². The summed E-state index contributed by atoms with van der Waals surface area (Å²) in [6, 6.07) is 8.66. The van der Waals surface area contributed by atoms with Crippen molar-refractivity contribution in [2.24, 2.45) is 0 Å². The van der Waals surface area contributed by atoms with E-state index in [1.807, 2.05) is 11.8 Å². The molecule has 1 aromatic rings. The van der Waals surface area contributed by atoms with Crippen molar-refractivity contribution in [3.05, 3.63) is 29.8 Å². The van der Waals surface area contributed by atoms with Gasteiger partial charge in [0.05, 0.1) is 0 Å². The van der Waals surface area contributed by atoms with Crippen molar-refractivity contribution in [3.8, 4) is 5.75 Å². The van der Waals surface area contributed by atoms with Gasteiger partial charge in [0.25, 0.3) is 0 Å². The molecule has 3 nitrogen and oxygen atoms in total. The topological polar surface area (TPSA) is 24.5 Å². The van der Waals surface area contributed by atoms with E-state index in [2.05, 4.69) is 34.5 Å². The maximum absolute atomic E-state index is 6.13. The van der Waals surface area contributed by atoms with Crippen LogP contribution in [-0.4, -0.2) is 48.7 Å². The number of hydrogen-bond acceptors (Lipinski definition) is 4. The summed E-state index contributed by atoms with van der Waals surface area (Å²) in [4.78, 5) is 2.51. The standard InChI is InChI=1S/C16H24N2OS/c1-3-14(12-18-8-6-17-7-9-18)11-15(4-1)19-16-5-2-10-20-13-16/h1,3-4,11,16-17H,2,5-10,12-13H2. The Balaban J connectivity index is 1.57. The van der Waals surface area contributed by atoms with Gasteiger partial charge in [-0.2, -0.15) is 11.8 Å². The fourth-order valence-corrected chi connectivity index (χ4v) is 3.88. The molecule has 110 valence electrons. The monoisotopic (exact) mass is 292 g/mol. The highest BCUT2D eigenvalue weighted by Gasteiger charge is 2.15. The van der Waals surface area contributed by atoms with E-state index in [0.29, 0.717) is 6.10 Å². The summed E-state index contributed by atoms with van der Waals surface area (Å²) in [6.45, 7) is 5.54. The fraction of sp³-hybridized carbons (Fsp3) is 0.625. The first-order valence-electron chi connectivity index (χ1n) is 7.66. The van der Waals surface area contributed by atoms with E-state index < -0.39 is 0 Å². The largest absolute Gasteiger partial charge is 0.490 e. The Morgan fingerprint density at radius 2 is 2.20 bits per heavy atom. The Labute approximate surface area is 126 Å². The van der Waals surface area contributed by atoms with Gasteiger partial charge in [-0.1, -0.05) is 12.1 Å². The highest BCUT2D eigenvalue weighted by atomic mass is 32.2. The van der Waals surface area contributed by atoms with Gasteiger partial charge in [0.15, 0.2) is 0 Å². The van der Waals surface area contributed by atoms with Crippen LogP contribution in [-0.2, 0) is 6.54 Å². The average Bonchev–Trinajstić information content (AvgIpc) is 2.50. The van der Waals surface area contributed by atoms with E-state index in [0.717, 1.165) is 44.2 Å². The molecule has 2 saturated heterocycles. The molecule has 0 aliphatic carbocycles. The molecular formula is C16H24N2OS. The van der Waals surface area contributed by atoms with Crippen LogP contribution in [0.5, 0.6) is 5.75 Å². The van der Waals surface area contributed by atoms with Crippen LogP contribution >= 0.6 is 11.8 Å². The van der Waals surface area contributed by atoms with Gasteiger partial charge in [0, 0.05) is 38.5 Å². The Bertz CT molecular complexity index is 379. The molecule has 0 amide bonds. The summed E-state index contributed by atoms with van der Waals surface area (Å²) in [5.41, 5.74) is 1.37. The lowest BCUT2D eigenvalue weighted by molar-refractivity contribution is 0.209. The Kier molecular flexibility index (Phi) is 5.23. The highest BCUT2D eigenvalue weighted by molar-refractivity contribution is 7.99. The van der Waals surface area contributed by atoms with Gasteiger partial charge >= 0.3 is 0 Å². The lowest BCUT2D eigenvalue weighted by atomic mass is 10.2. The molecule has 4 heteroatoms. The molecule has 2 aliphatic rings. The molecule has 0 saturated carbocycles. The van der Waals surface area contributed by atoms with Crippen molar-refractivity contribution in [1.82, 2.24) is 10.2 Å². The Morgan fingerprint density at radius 1 is 1.30 bits per heavy atom. The third kappa shape index (κ3) is 4.14. The van der Waals surface area contributed by atoms with Crippen LogP contribution in [0, 0.1) is 0 Å². The van der Waals surface area contributed by atoms with Crippen molar-refractivity contribution < 1.29 is 4.74 Å². The highest BCUT2D eigenvalue weighted by Crippen LogP contribution is 2.23. The van der Waals surface area contributed by atoms with Gasteiger partial charge in [-0.05, 0) is 36.3 Å². The smallest absolute Gasteiger partial charge is 0.120 e. The van der Waals surface area contributed by atoms with Gasteiger partial charge in [-0.25, -0.2) is 0 Å². The molecule has 0 bridgehead atoms. The molecule has 3 rings (SSSR count). The number of benzene rings is 1. The second-order valence-electron chi connectivity index (χ2n) is 5.63. The van der Waals surface area contributed by atoms with Crippen molar-refractivity contribution >= 4 is 11.8 Å². The number of thioether (sulfide) groups is 1. The number of piperazine rings is 1. The number of rotatable bonds is 4. The van der Waals surface area contributed by atoms with Crippen LogP contribution in [0.15, 0.2) is 24.3 Å². The second-order valence-corrected chi connectivity index (χ2v) is 6.78. The molecule has 1 aromatic carbocycles. The molecule has 2 aliphatic heterocycles.